The van der Waals surface area contributed by atoms with Gasteiger partial charge in [-0.25, -0.2) is 4.98 Å². The Morgan fingerprint density at radius 2 is 1.66 bits per heavy atom. The second kappa shape index (κ2) is 8.38. The molecule has 2 aliphatic heterocycles. The van der Waals surface area contributed by atoms with E-state index in [1.54, 1.807) is 18.3 Å². The number of H-pyrrole nitrogens is 1. The smallest absolute Gasteiger partial charge is 0.278 e. The van der Waals surface area contributed by atoms with Crippen molar-refractivity contribution < 1.29 is 0 Å². The van der Waals surface area contributed by atoms with Gasteiger partial charge >= 0.3 is 0 Å². The van der Waals surface area contributed by atoms with Crippen molar-refractivity contribution in [2.24, 2.45) is 23.2 Å². The molecule has 3 aliphatic carbocycles. The minimum atomic E-state index is -0.264. The third-order valence-electron chi connectivity index (χ3n) is 11.6. The van der Waals surface area contributed by atoms with Crippen molar-refractivity contribution in [3.63, 3.8) is 0 Å². The van der Waals surface area contributed by atoms with Gasteiger partial charge in [0.05, 0.1) is 16.6 Å². The number of piperidine rings is 2. The van der Waals surface area contributed by atoms with Crippen LogP contribution < -0.4 is 11.1 Å². The molecule has 38 heavy (non-hydrogen) atoms. The highest BCUT2D eigenvalue weighted by Crippen LogP contribution is 2.67. The number of fused-ring (bicyclic) bond motifs is 4. The maximum Gasteiger partial charge on any atom is 0.278 e. The molecule has 0 radical (unpaired) electrons. The number of nitrogens with one attached hydrogen (secondary N) is 1. The van der Waals surface area contributed by atoms with Crippen LogP contribution in [0.25, 0.3) is 22.3 Å². The van der Waals surface area contributed by atoms with E-state index in [2.05, 4.69) is 16.8 Å². The van der Waals surface area contributed by atoms with Gasteiger partial charge in [0.2, 0.25) is 0 Å². The van der Waals surface area contributed by atoms with E-state index >= 15 is 0 Å². The summed E-state index contributed by atoms with van der Waals surface area (Å²) < 4.78 is 2.01. The lowest BCUT2D eigenvalue weighted by molar-refractivity contribution is -0.0661. The summed E-state index contributed by atoms with van der Waals surface area (Å²) in [5.41, 5.74) is 2.54. The summed E-state index contributed by atoms with van der Waals surface area (Å²) in [5.74, 6) is 2.84. The number of pyridine rings is 1. The lowest BCUT2D eigenvalue weighted by atomic mass is 9.54. The molecule has 3 saturated carbocycles. The van der Waals surface area contributed by atoms with Crippen LogP contribution in [0.2, 0.25) is 0 Å². The zero-order valence-electron chi connectivity index (χ0n) is 22.3. The summed E-state index contributed by atoms with van der Waals surface area (Å²) in [6, 6.07) is 13.4. The fourth-order valence-electron chi connectivity index (χ4n) is 9.96. The van der Waals surface area contributed by atoms with Crippen molar-refractivity contribution in [3.05, 3.63) is 63.3 Å². The molecular weight excluding hydrogens is 472 g/mol. The van der Waals surface area contributed by atoms with E-state index in [1.807, 2.05) is 28.8 Å². The van der Waals surface area contributed by atoms with Crippen molar-refractivity contribution >= 4 is 11.0 Å². The minimum Gasteiger partial charge on any atom is -0.329 e. The molecule has 6 nitrogen and oxygen atoms in total. The van der Waals surface area contributed by atoms with Crippen LogP contribution in [0.4, 0.5) is 0 Å². The summed E-state index contributed by atoms with van der Waals surface area (Å²) in [6.45, 7) is 2.59. The quantitative estimate of drug-likeness (QED) is 0.503. The second-order valence-electron chi connectivity index (χ2n) is 13.4. The Morgan fingerprint density at radius 1 is 0.868 bits per heavy atom. The SMILES string of the molecule is CC12C[C@H]3C[C@@H](N4[C@@H]5CCC[C@H]4C[C@@H](n4c(=O)c(-c6ccc[nH]c6=O)nc6ccccc64)C5)C[C@@H]1C[C@@H]2C3. The van der Waals surface area contributed by atoms with Gasteiger partial charge in [-0.2, -0.15) is 0 Å². The van der Waals surface area contributed by atoms with E-state index in [9.17, 15) is 9.59 Å². The molecular formula is C32H38N4O2. The van der Waals surface area contributed by atoms with Crippen LogP contribution in [-0.4, -0.2) is 37.6 Å². The third-order valence-corrected chi connectivity index (χ3v) is 11.6. The van der Waals surface area contributed by atoms with Gasteiger partial charge in [0.1, 0.15) is 5.69 Å². The number of hydrogen-bond donors (Lipinski definition) is 1. The largest absolute Gasteiger partial charge is 0.329 e. The zero-order valence-corrected chi connectivity index (χ0v) is 22.3. The number of para-hydroxylation sites is 2. The normalized spacial score (nSPS) is 38.1. The first-order valence-electron chi connectivity index (χ1n) is 15.0. The van der Waals surface area contributed by atoms with E-state index in [0.29, 0.717) is 29.1 Å². The molecule has 2 saturated heterocycles. The van der Waals surface area contributed by atoms with E-state index in [4.69, 9.17) is 4.98 Å². The van der Waals surface area contributed by atoms with Crippen LogP contribution in [-0.2, 0) is 0 Å². The number of hydrogen-bond acceptors (Lipinski definition) is 4. The van der Waals surface area contributed by atoms with Crippen LogP contribution in [0.15, 0.2) is 52.2 Å². The summed E-state index contributed by atoms with van der Waals surface area (Å²) in [4.78, 5) is 37.1. The first-order valence-corrected chi connectivity index (χ1v) is 15.0. The van der Waals surface area contributed by atoms with Gasteiger partial charge < -0.3 is 9.55 Å². The van der Waals surface area contributed by atoms with Crippen molar-refractivity contribution in [1.29, 1.82) is 0 Å². The van der Waals surface area contributed by atoms with Crippen molar-refractivity contribution in [2.45, 2.75) is 95.3 Å². The van der Waals surface area contributed by atoms with Gasteiger partial charge in [-0.1, -0.05) is 25.5 Å². The van der Waals surface area contributed by atoms with Crippen molar-refractivity contribution in [1.82, 2.24) is 19.4 Å². The molecule has 2 aromatic heterocycles. The molecule has 6 heteroatoms. The molecule has 4 bridgehead atoms. The molecule has 5 aliphatic rings. The third kappa shape index (κ3) is 3.31. The van der Waals surface area contributed by atoms with E-state index < -0.39 is 0 Å². The minimum absolute atomic E-state index is 0.128. The number of aromatic amines is 1. The number of rotatable bonds is 3. The fraction of sp³-hybridized carbons (Fsp3) is 0.594. The van der Waals surface area contributed by atoms with Gasteiger partial charge in [-0.05, 0) is 105 Å². The first kappa shape index (κ1) is 23.2. The molecule has 0 spiro atoms. The number of benzene rings is 1. The Bertz CT molecular complexity index is 1510. The summed E-state index contributed by atoms with van der Waals surface area (Å²) in [7, 11) is 0. The topological polar surface area (TPSA) is 71.0 Å². The predicted octanol–water partition coefficient (Wildman–Crippen LogP) is 5.52. The maximum absolute atomic E-state index is 14.1. The monoisotopic (exact) mass is 510 g/mol. The highest BCUT2D eigenvalue weighted by atomic mass is 16.1. The van der Waals surface area contributed by atoms with Crippen molar-refractivity contribution in [3.8, 4) is 11.3 Å². The summed E-state index contributed by atoms with van der Waals surface area (Å²) in [6.07, 6.45) is 14.6. The molecule has 1 N–H and O–H groups in total. The van der Waals surface area contributed by atoms with Crippen molar-refractivity contribution in [2.75, 3.05) is 0 Å². The summed E-state index contributed by atoms with van der Waals surface area (Å²) >= 11 is 0. The maximum atomic E-state index is 14.1. The number of nitrogens with zero attached hydrogens (tertiary/aromatic N) is 3. The first-order chi connectivity index (χ1) is 18.5. The Kier molecular flexibility index (Phi) is 5.11. The molecule has 8 rings (SSSR count). The predicted molar refractivity (Wildman–Crippen MR) is 149 cm³/mol. The Hall–Kier alpha value is -2.73. The van der Waals surface area contributed by atoms with Crippen LogP contribution in [0.5, 0.6) is 0 Å². The average Bonchev–Trinajstić information content (AvgIpc) is 3.08. The Balaban J connectivity index is 1.17. The average molecular weight is 511 g/mol. The van der Waals surface area contributed by atoms with E-state index in [-0.39, 0.29) is 22.9 Å². The van der Waals surface area contributed by atoms with Gasteiger partial charge in [-0.15, -0.1) is 0 Å². The zero-order chi connectivity index (χ0) is 25.6. The molecule has 1 unspecified atom stereocenters. The molecule has 5 fully saturated rings. The molecule has 4 heterocycles. The van der Waals surface area contributed by atoms with Gasteiger partial charge in [0.15, 0.2) is 0 Å². The molecule has 3 aromatic rings. The summed E-state index contributed by atoms with van der Waals surface area (Å²) in [5, 5.41) is 0. The lowest BCUT2D eigenvalue weighted by Crippen LogP contribution is -2.58. The van der Waals surface area contributed by atoms with Crippen LogP contribution >= 0.6 is 0 Å². The van der Waals surface area contributed by atoms with Crippen LogP contribution in [0, 0.1) is 23.2 Å². The Morgan fingerprint density at radius 3 is 2.47 bits per heavy atom. The number of aromatic nitrogens is 3. The second-order valence-corrected chi connectivity index (χ2v) is 13.4. The van der Waals surface area contributed by atoms with E-state index in [1.165, 1.54) is 51.4 Å². The van der Waals surface area contributed by atoms with Gasteiger partial charge in [0.25, 0.3) is 11.1 Å². The molecule has 8 atom stereocenters. The Labute approximate surface area is 223 Å². The molecule has 0 amide bonds. The highest BCUT2D eigenvalue weighted by Gasteiger charge is 2.60. The van der Waals surface area contributed by atoms with Crippen LogP contribution in [0.1, 0.15) is 77.2 Å². The lowest BCUT2D eigenvalue weighted by Gasteiger charge is -2.56. The van der Waals surface area contributed by atoms with E-state index in [0.717, 1.165) is 41.6 Å². The van der Waals surface area contributed by atoms with Gasteiger partial charge in [-0.3, -0.25) is 14.5 Å². The molecule has 1 aromatic carbocycles. The van der Waals surface area contributed by atoms with Gasteiger partial charge in [0, 0.05) is 30.4 Å². The molecule has 198 valence electrons. The highest BCUT2D eigenvalue weighted by molar-refractivity contribution is 5.77. The van der Waals surface area contributed by atoms with Crippen LogP contribution in [0.3, 0.4) is 0 Å². The standard InChI is InChI=1S/C32H38N4O2/c1-32-18-19-12-20(32)14-21(32)15-24(13-19)35-22-6-4-7-23(35)17-25(16-22)36-28-10-3-2-9-27(28)34-29(31(36)38)26-8-5-11-33-30(26)37/h2-3,5,8-11,19-25H,4,6-7,12-18H2,1H3,(H,33,37)/t19-,20+,21+,22-,23+,24-,25+,32?/m1/s1. The fourth-order valence-corrected chi connectivity index (χ4v) is 9.96.